The van der Waals surface area contributed by atoms with E-state index in [4.69, 9.17) is 4.74 Å². The van der Waals surface area contributed by atoms with Crippen molar-refractivity contribution in [1.82, 2.24) is 4.98 Å². The van der Waals surface area contributed by atoms with Gasteiger partial charge in [-0.15, -0.1) is 21.6 Å². The van der Waals surface area contributed by atoms with E-state index in [2.05, 4.69) is 46.1 Å². The number of hydrogen-bond acceptors (Lipinski definition) is 9. The van der Waals surface area contributed by atoms with E-state index < -0.39 is 5.97 Å². The molecule has 0 unspecified atom stereocenters. The van der Waals surface area contributed by atoms with Gasteiger partial charge < -0.3 is 9.64 Å². The maximum absolute atomic E-state index is 12.7. The van der Waals surface area contributed by atoms with Crippen molar-refractivity contribution in [2.24, 2.45) is 10.2 Å². The number of esters is 1. The standard InChI is InChI=1S/C35H39N5O2S2/c1-3-5-7-9-11-25-12-15-29(16-13-25)42-34(41)27(24-36)22-30-23-32-33(43-30)37-35(44-32)39-38-28-14-17-31-26(21-28)18-20-40(31)19-10-8-6-4-2/h12-17,21-23H,3-11,18-20H2,1-2H3/b27-22+,39-38+. The average Bonchev–Trinajstić information content (AvgIpc) is 3.73. The summed E-state index contributed by atoms with van der Waals surface area (Å²) in [5.74, 6) is -0.239. The van der Waals surface area contributed by atoms with Crippen LogP contribution < -0.4 is 9.64 Å². The molecule has 1 aliphatic heterocycles. The molecule has 3 heterocycles. The summed E-state index contributed by atoms with van der Waals surface area (Å²) >= 11 is 2.84. The Labute approximate surface area is 267 Å². The largest absolute Gasteiger partial charge is 0.422 e. The van der Waals surface area contributed by atoms with Crippen LogP contribution in [0.2, 0.25) is 0 Å². The molecule has 1 aliphatic rings. The van der Waals surface area contributed by atoms with Gasteiger partial charge >= 0.3 is 5.97 Å². The van der Waals surface area contributed by atoms with Gasteiger partial charge in [-0.25, -0.2) is 9.78 Å². The van der Waals surface area contributed by atoms with E-state index in [-0.39, 0.29) is 5.57 Å². The van der Waals surface area contributed by atoms with Gasteiger partial charge in [-0.05, 0) is 79.3 Å². The van der Waals surface area contributed by atoms with Crippen LogP contribution in [0.25, 0.3) is 15.6 Å². The van der Waals surface area contributed by atoms with Gasteiger partial charge in [-0.3, -0.25) is 0 Å². The lowest BCUT2D eigenvalue weighted by atomic mass is 10.1. The molecule has 0 atom stereocenters. The number of aromatic nitrogens is 1. The molecule has 0 radical (unpaired) electrons. The number of carbonyl (C=O) groups is 1. The molecule has 2 aromatic heterocycles. The molecular formula is C35H39N5O2S2. The zero-order valence-electron chi connectivity index (χ0n) is 25.6. The van der Waals surface area contributed by atoms with Crippen molar-refractivity contribution in [2.45, 2.75) is 78.1 Å². The number of benzene rings is 2. The lowest BCUT2D eigenvalue weighted by Crippen LogP contribution is -2.21. The Morgan fingerprint density at radius 3 is 2.55 bits per heavy atom. The fraction of sp³-hybridized carbons (Fsp3) is 0.400. The average molecular weight is 626 g/mol. The van der Waals surface area contributed by atoms with E-state index >= 15 is 0 Å². The lowest BCUT2D eigenvalue weighted by Gasteiger charge is -2.19. The second-order valence-corrected chi connectivity index (χ2v) is 13.2. The number of unbranched alkanes of at least 4 members (excludes halogenated alkanes) is 6. The number of aryl methyl sites for hydroxylation is 1. The van der Waals surface area contributed by atoms with Crippen LogP contribution in [-0.2, 0) is 17.6 Å². The fourth-order valence-corrected chi connectivity index (χ4v) is 7.34. The number of thiophene rings is 1. The van der Waals surface area contributed by atoms with Crippen LogP contribution in [0.4, 0.5) is 16.5 Å². The van der Waals surface area contributed by atoms with Gasteiger partial charge in [0.2, 0.25) is 5.13 Å². The summed E-state index contributed by atoms with van der Waals surface area (Å²) < 4.78 is 6.41. The van der Waals surface area contributed by atoms with Crippen LogP contribution in [-0.4, -0.2) is 24.0 Å². The summed E-state index contributed by atoms with van der Waals surface area (Å²) in [5, 5.41) is 19.1. The zero-order valence-corrected chi connectivity index (χ0v) is 27.2. The van der Waals surface area contributed by atoms with Crippen LogP contribution in [0.1, 0.15) is 81.2 Å². The SMILES string of the molecule is CCCCCCc1ccc(OC(=O)/C(C#N)=C/c2cc3sc(/N=N/c4ccc5c(c4)CCN5CCCCCC)nc3s2)cc1. The molecule has 0 saturated heterocycles. The molecule has 0 saturated carbocycles. The normalized spacial score (nSPS) is 13.1. The van der Waals surface area contributed by atoms with Crippen molar-refractivity contribution >= 4 is 60.8 Å². The molecule has 5 rings (SSSR count). The van der Waals surface area contributed by atoms with Gasteiger partial charge in [0, 0.05) is 23.7 Å². The predicted molar refractivity (Wildman–Crippen MR) is 182 cm³/mol. The first-order chi connectivity index (χ1) is 21.6. The van der Waals surface area contributed by atoms with Crippen LogP contribution in [0, 0.1) is 11.3 Å². The molecule has 0 aliphatic carbocycles. The number of rotatable bonds is 15. The smallest absolute Gasteiger partial charge is 0.354 e. The Morgan fingerprint density at radius 2 is 1.80 bits per heavy atom. The van der Waals surface area contributed by atoms with Crippen molar-refractivity contribution < 1.29 is 9.53 Å². The Morgan fingerprint density at radius 1 is 1.00 bits per heavy atom. The van der Waals surface area contributed by atoms with Gasteiger partial charge in [-0.2, -0.15) is 5.26 Å². The maximum atomic E-state index is 12.7. The van der Waals surface area contributed by atoms with Gasteiger partial charge in [-0.1, -0.05) is 75.8 Å². The van der Waals surface area contributed by atoms with E-state index in [1.165, 1.54) is 84.4 Å². The summed E-state index contributed by atoms with van der Waals surface area (Å²) in [6.45, 7) is 6.63. The molecule has 0 N–H and O–H groups in total. The Bertz CT molecular complexity index is 1630. The van der Waals surface area contributed by atoms with E-state index in [1.54, 1.807) is 18.2 Å². The van der Waals surface area contributed by atoms with Crippen molar-refractivity contribution in [1.29, 1.82) is 5.26 Å². The number of anilines is 1. The van der Waals surface area contributed by atoms with E-state index in [0.717, 1.165) is 52.4 Å². The third-order valence-corrected chi connectivity index (χ3v) is 9.76. The number of fused-ring (bicyclic) bond motifs is 2. The van der Waals surface area contributed by atoms with E-state index in [0.29, 0.717) is 10.9 Å². The number of hydrogen-bond donors (Lipinski definition) is 0. The zero-order chi connectivity index (χ0) is 30.7. The summed E-state index contributed by atoms with van der Waals surface area (Å²) in [6.07, 6.45) is 13.5. The van der Waals surface area contributed by atoms with Gasteiger partial charge in [0.15, 0.2) is 0 Å². The summed E-state index contributed by atoms with van der Waals surface area (Å²) in [5.41, 5.74) is 4.64. The van der Waals surface area contributed by atoms with Crippen LogP contribution in [0.15, 0.2) is 64.3 Å². The molecule has 2 aromatic carbocycles. The molecule has 0 bridgehead atoms. The third kappa shape index (κ3) is 8.40. The first-order valence-corrected chi connectivity index (χ1v) is 17.3. The minimum atomic E-state index is -0.670. The van der Waals surface area contributed by atoms with Crippen molar-refractivity contribution in [3.05, 3.63) is 70.1 Å². The van der Waals surface area contributed by atoms with Crippen molar-refractivity contribution in [3.63, 3.8) is 0 Å². The molecule has 7 nitrogen and oxygen atoms in total. The second kappa shape index (κ2) is 15.7. The highest BCUT2D eigenvalue weighted by Crippen LogP contribution is 2.37. The summed E-state index contributed by atoms with van der Waals surface area (Å²) in [6, 6.07) is 17.8. The Balaban J connectivity index is 1.17. The van der Waals surface area contributed by atoms with Gasteiger partial charge in [0.05, 0.1) is 10.4 Å². The minimum Gasteiger partial charge on any atom is -0.422 e. The molecule has 44 heavy (non-hydrogen) atoms. The van der Waals surface area contributed by atoms with Crippen LogP contribution >= 0.6 is 22.7 Å². The molecular weight excluding hydrogens is 587 g/mol. The predicted octanol–water partition coefficient (Wildman–Crippen LogP) is 10.4. The van der Waals surface area contributed by atoms with Crippen LogP contribution in [0.3, 0.4) is 0 Å². The summed E-state index contributed by atoms with van der Waals surface area (Å²) in [7, 11) is 0. The summed E-state index contributed by atoms with van der Waals surface area (Å²) in [4.78, 5) is 21.4. The minimum absolute atomic E-state index is 0.0569. The number of carbonyl (C=O) groups excluding carboxylic acids is 1. The van der Waals surface area contributed by atoms with E-state index in [1.807, 2.05) is 30.3 Å². The number of nitriles is 1. The van der Waals surface area contributed by atoms with Gasteiger partial charge in [0.25, 0.3) is 0 Å². The third-order valence-electron chi connectivity index (χ3n) is 7.76. The highest BCUT2D eigenvalue weighted by atomic mass is 32.1. The molecule has 0 spiro atoms. The highest BCUT2D eigenvalue weighted by molar-refractivity contribution is 7.29. The molecule has 9 heteroatoms. The topological polar surface area (TPSA) is 90.9 Å². The number of azo groups is 1. The van der Waals surface area contributed by atoms with E-state index in [9.17, 15) is 10.1 Å². The Hall–Kier alpha value is -3.87. The van der Waals surface area contributed by atoms with Crippen LogP contribution in [0.5, 0.6) is 5.75 Å². The fourth-order valence-electron chi connectivity index (χ4n) is 5.36. The monoisotopic (exact) mass is 625 g/mol. The van der Waals surface area contributed by atoms with Gasteiger partial charge in [0.1, 0.15) is 22.2 Å². The maximum Gasteiger partial charge on any atom is 0.354 e. The highest BCUT2D eigenvalue weighted by Gasteiger charge is 2.19. The lowest BCUT2D eigenvalue weighted by molar-refractivity contribution is -0.129. The molecule has 4 aromatic rings. The quantitative estimate of drug-likeness (QED) is 0.0327. The number of nitrogens with zero attached hydrogens (tertiary/aromatic N) is 5. The number of ether oxygens (including phenoxy) is 1. The molecule has 0 amide bonds. The number of thiazole rings is 1. The first kappa shape index (κ1) is 31.6. The molecule has 228 valence electrons. The second-order valence-electron chi connectivity index (χ2n) is 11.1. The van der Waals surface area contributed by atoms with Crippen molar-refractivity contribution in [3.8, 4) is 11.8 Å². The first-order valence-electron chi connectivity index (χ1n) is 15.7. The van der Waals surface area contributed by atoms with Crippen molar-refractivity contribution in [2.75, 3.05) is 18.0 Å². The molecule has 0 fully saturated rings. The Kier molecular flexibility index (Phi) is 11.3.